The topological polar surface area (TPSA) is 0 Å². The van der Waals surface area contributed by atoms with Gasteiger partial charge in [0.2, 0.25) is 0 Å². The Morgan fingerprint density at radius 2 is 1.35 bits per heavy atom. The Bertz CT molecular complexity index is 413. The van der Waals surface area contributed by atoms with E-state index in [-0.39, 0.29) is 21.2 Å². The van der Waals surface area contributed by atoms with Crippen LogP contribution < -0.4 is 5.30 Å². The fourth-order valence-electron chi connectivity index (χ4n) is 4.07. The maximum atomic E-state index is 13.7. The second-order valence-electron chi connectivity index (χ2n) is 6.47. The molecule has 134 valence electrons. The van der Waals surface area contributed by atoms with Gasteiger partial charge < -0.3 is 7.43 Å². The molecule has 1 aromatic carbocycles. The van der Waals surface area contributed by atoms with E-state index < -0.39 is 0 Å². The molecule has 1 aromatic rings. The monoisotopic (exact) mass is 448 g/mol. The Hall–Kier alpha value is 0.532. The zero-order valence-corrected chi connectivity index (χ0v) is 17.3. The van der Waals surface area contributed by atoms with Crippen molar-refractivity contribution in [1.29, 1.82) is 0 Å². The van der Waals surface area contributed by atoms with E-state index in [4.69, 9.17) is 0 Å². The van der Waals surface area contributed by atoms with Crippen LogP contribution in [0.1, 0.15) is 64.2 Å². The molecule has 0 unspecified atom stereocenters. The third kappa shape index (κ3) is 6.40. The van der Waals surface area contributed by atoms with Crippen LogP contribution in [0.25, 0.3) is 0 Å². The number of hydrogen-bond donors (Lipinski definition) is 0. The Morgan fingerprint density at radius 1 is 0.870 bits per heavy atom. The molecular weight excluding hydrogens is 420 g/mol. The second kappa shape index (κ2) is 12.0. The third-order valence-corrected chi connectivity index (χ3v) is 8.52. The van der Waals surface area contributed by atoms with Gasteiger partial charge >= 0.3 is 27.7 Å². The van der Waals surface area contributed by atoms with Gasteiger partial charge in [-0.15, -0.1) is 0 Å². The Balaban J connectivity index is 0.000000849. The number of hydrogen-bond acceptors (Lipinski definition) is 0. The molecule has 0 aliphatic heterocycles. The van der Waals surface area contributed by atoms with E-state index in [1.165, 1.54) is 69.5 Å². The van der Waals surface area contributed by atoms with Gasteiger partial charge in [0.1, 0.15) is 5.82 Å². The van der Waals surface area contributed by atoms with Gasteiger partial charge in [-0.1, -0.05) is 58.6 Å². The molecule has 0 heterocycles. The molecule has 0 nitrogen and oxygen atoms in total. The minimum absolute atomic E-state index is 0. The summed E-state index contributed by atoms with van der Waals surface area (Å²) < 4.78 is 13.7. The van der Waals surface area contributed by atoms with Crippen molar-refractivity contribution in [3.63, 3.8) is 0 Å². The predicted octanol–water partition coefficient (Wildman–Crippen LogP) is 6.74. The zero-order chi connectivity index (χ0) is 15.8. The van der Waals surface area contributed by atoms with E-state index in [1.54, 1.807) is 6.07 Å². The first-order valence-corrected chi connectivity index (χ1v) is 12.0. The molecule has 3 rings (SSSR count). The normalized spacial score (nSPS) is 19.7. The molecule has 2 aliphatic rings. The van der Waals surface area contributed by atoms with Crippen molar-refractivity contribution < 1.29 is 22.6 Å². The predicted molar refractivity (Wildman–Crippen MR) is 99.0 cm³/mol. The first-order valence-electron chi connectivity index (χ1n) is 8.50. The first kappa shape index (κ1) is 21.6. The van der Waals surface area contributed by atoms with E-state index in [0.717, 1.165) is 11.3 Å². The van der Waals surface area contributed by atoms with Gasteiger partial charge in [-0.25, -0.2) is 4.39 Å². The first-order chi connectivity index (χ1) is 10.8. The summed E-state index contributed by atoms with van der Waals surface area (Å²) in [6, 6.07) is 7.57. The summed E-state index contributed by atoms with van der Waals surface area (Å²) in [7, 11) is 4.34. The summed E-state index contributed by atoms with van der Waals surface area (Å²) in [4.78, 5) is 0. The average Bonchev–Trinajstić information content (AvgIpc) is 2.59. The molecular formula is C19H29ClFPPd. The Labute approximate surface area is 158 Å². The van der Waals surface area contributed by atoms with E-state index >= 15 is 0 Å². The summed E-state index contributed by atoms with van der Waals surface area (Å²) in [5, 5.41) is 1.35. The van der Waals surface area contributed by atoms with E-state index in [2.05, 4.69) is 33.8 Å². The van der Waals surface area contributed by atoms with Gasteiger partial charge in [-0.05, 0) is 54.4 Å². The van der Waals surface area contributed by atoms with Crippen molar-refractivity contribution in [2.75, 3.05) is 0 Å². The standard InChI is InChI=1S/C18H26FP.CH3.ClH.Pd/c19-15-8-7-13-18(14-15)20(16-9-3-1-4-10-16)17-11-5-2-6-12-17;;;/h7-8,13-14,16-17H,1-6,9-12H2;1H3;1H;/q;-1;;+2/p-1. The molecule has 0 bridgehead atoms. The van der Waals surface area contributed by atoms with E-state index in [9.17, 15) is 4.39 Å². The molecule has 2 fully saturated rings. The van der Waals surface area contributed by atoms with Gasteiger partial charge in [0, 0.05) is 0 Å². The van der Waals surface area contributed by atoms with Crippen LogP contribution in [-0.2, 0) is 18.2 Å². The molecule has 23 heavy (non-hydrogen) atoms. The van der Waals surface area contributed by atoms with Crippen molar-refractivity contribution in [2.24, 2.45) is 0 Å². The Kier molecular flexibility index (Phi) is 11.2. The fourth-order valence-corrected chi connectivity index (χ4v) is 7.89. The summed E-state index contributed by atoms with van der Waals surface area (Å²) in [5.74, 6) is -0.0402. The summed E-state index contributed by atoms with van der Waals surface area (Å²) >= 11 is 2.22. The van der Waals surface area contributed by atoms with E-state index in [1.807, 2.05) is 12.1 Å². The Morgan fingerprint density at radius 3 is 1.78 bits per heavy atom. The van der Waals surface area contributed by atoms with Crippen molar-refractivity contribution >= 4 is 22.8 Å². The number of halogens is 2. The maximum absolute atomic E-state index is 13.7. The van der Waals surface area contributed by atoms with Gasteiger partial charge in [-0.2, -0.15) is 0 Å². The van der Waals surface area contributed by atoms with Gasteiger partial charge in [-0.3, -0.25) is 0 Å². The van der Waals surface area contributed by atoms with Crippen molar-refractivity contribution in [1.82, 2.24) is 0 Å². The molecule has 0 aromatic heterocycles. The summed E-state index contributed by atoms with van der Waals surface area (Å²) in [5.41, 5.74) is 1.73. The van der Waals surface area contributed by atoms with Crippen LogP contribution in [0.5, 0.6) is 0 Å². The molecule has 0 N–H and O–H groups in total. The molecule has 0 radical (unpaired) electrons. The quantitative estimate of drug-likeness (QED) is 0.273. The van der Waals surface area contributed by atoms with Crippen LogP contribution >= 0.6 is 17.5 Å². The van der Waals surface area contributed by atoms with Crippen molar-refractivity contribution in [3.8, 4) is 0 Å². The number of rotatable bonds is 3. The van der Waals surface area contributed by atoms with Crippen LogP contribution in [0.4, 0.5) is 4.39 Å². The molecule has 0 atom stereocenters. The van der Waals surface area contributed by atoms with Crippen LogP contribution in [0.15, 0.2) is 24.3 Å². The summed E-state index contributed by atoms with van der Waals surface area (Å²) in [6.45, 7) is 0. The van der Waals surface area contributed by atoms with Crippen LogP contribution in [0, 0.1) is 13.2 Å². The minimum atomic E-state index is -0.148. The molecule has 4 heteroatoms. The van der Waals surface area contributed by atoms with Gasteiger partial charge in [0.25, 0.3) is 0 Å². The van der Waals surface area contributed by atoms with E-state index in [0.29, 0.717) is 0 Å². The molecule has 0 amide bonds. The molecule has 0 spiro atoms. The second-order valence-corrected chi connectivity index (χ2v) is 9.26. The number of benzene rings is 1. The van der Waals surface area contributed by atoms with Gasteiger partial charge in [0.05, 0.1) is 0 Å². The summed E-state index contributed by atoms with van der Waals surface area (Å²) in [6.07, 6.45) is 13.9. The van der Waals surface area contributed by atoms with Gasteiger partial charge in [0.15, 0.2) is 0 Å². The molecule has 2 aliphatic carbocycles. The van der Waals surface area contributed by atoms with Crippen LogP contribution in [-0.4, -0.2) is 11.3 Å². The average molecular weight is 449 g/mol. The third-order valence-electron chi connectivity index (χ3n) is 5.04. The van der Waals surface area contributed by atoms with Crippen LogP contribution in [0.3, 0.4) is 0 Å². The van der Waals surface area contributed by atoms with Crippen molar-refractivity contribution in [3.05, 3.63) is 37.5 Å². The SMILES string of the molecule is Fc1cccc(P(C2CCCCC2)C2CCCCC2)c1.[CH3-].[Cl][Pd+]. The fraction of sp³-hybridized carbons (Fsp3) is 0.632. The molecule has 0 saturated heterocycles. The van der Waals surface area contributed by atoms with Crippen molar-refractivity contribution in [2.45, 2.75) is 75.5 Å². The van der Waals surface area contributed by atoms with Crippen LogP contribution in [0.2, 0.25) is 0 Å². The molecule has 2 saturated carbocycles. The zero-order valence-electron chi connectivity index (χ0n) is 14.1.